The van der Waals surface area contributed by atoms with Gasteiger partial charge in [-0.15, -0.1) is 0 Å². The highest BCUT2D eigenvalue weighted by Gasteiger charge is 2.70. The Balaban J connectivity index is 1.84. The van der Waals surface area contributed by atoms with Crippen LogP contribution in [0.5, 0.6) is 5.75 Å². The fraction of sp³-hybridized carbons (Fsp3) is 0.211. The van der Waals surface area contributed by atoms with Crippen LogP contribution in [-0.4, -0.2) is 24.9 Å². The molecule has 25 heavy (non-hydrogen) atoms. The largest absolute Gasteiger partial charge is 0.442 e. The molecule has 0 N–H and O–H groups in total. The number of nitrogens with zero attached hydrogens (tertiary/aromatic N) is 1. The van der Waals surface area contributed by atoms with Crippen LogP contribution in [0.4, 0.5) is 5.69 Å². The molecule has 1 spiro atoms. The van der Waals surface area contributed by atoms with E-state index in [0.717, 1.165) is 0 Å². The van der Waals surface area contributed by atoms with Crippen molar-refractivity contribution >= 4 is 23.5 Å². The van der Waals surface area contributed by atoms with Gasteiger partial charge in [-0.05, 0) is 12.1 Å². The van der Waals surface area contributed by atoms with Crippen LogP contribution >= 0.6 is 0 Å². The molecule has 6 nitrogen and oxygen atoms in total. The van der Waals surface area contributed by atoms with Crippen LogP contribution in [0.2, 0.25) is 0 Å². The van der Waals surface area contributed by atoms with Gasteiger partial charge in [0.1, 0.15) is 5.75 Å². The maximum atomic E-state index is 13.2. The number of anilines is 1. The van der Waals surface area contributed by atoms with E-state index in [-0.39, 0.29) is 5.91 Å². The first-order chi connectivity index (χ1) is 12.1. The van der Waals surface area contributed by atoms with Crippen molar-refractivity contribution in [3.8, 4) is 5.75 Å². The Hall–Kier alpha value is -3.15. The minimum atomic E-state index is -1.53. The number of carbonyl (C=O) groups is 3. The average Bonchev–Trinajstić information content (AvgIpc) is 3.05. The van der Waals surface area contributed by atoms with E-state index in [1.807, 2.05) is 6.07 Å². The third kappa shape index (κ3) is 1.52. The Morgan fingerprint density at radius 1 is 0.960 bits per heavy atom. The Labute approximate surface area is 142 Å². The first kappa shape index (κ1) is 14.2. The molecule has 3 aliphatic heterocycles. The number of hydrogen-bond acceptors (Lipinski definition) is 5. The highest BCUT2D eigenvalue weighted by Crippen LogP contribution is 2.59. The number of hydrogen-bond donors (Lipinski definition) is 0. The lowest BCUT2D eigenvalue weighted by Gasteiger charge is -2.32. The highest BCUT2D eigenvalue weighted by molar-refractivity contribution is 6.13. The summed E-state index contributed by atoms with van der Waals surface area (Å²) in [5.41, 5.74) is 0.393. The first-order valence-electron chi connectivity index (χ1n) is 7.97. The minimum Gasteiger partial charge on any atom is -0.442 e. The fourth-order valence-corrected chi connectivity index (χ4v) is 4.24. The van der Waals surface area contributed by atoms with Gasteiger partial charge in [0.15, 0.2) is 5.92 Å². The summed E-state index contributed by atoms with van der Waals surface area (Å²) >= 11 is 0. The van der Waals surface area contributed by atoms with Crippen molar-refractivity contribution in [3.63, 3.8) is 0 Å². The number of likely N-dealkylation sites (N-methyl/N-ethyl adjacent to an activating group) is 1. The monoisotopic (exact) mass is 335 g/mol. The van der Waals surface area contributed by atoms with Gasteiger partial charge in [-0.2, -0.15) is 0 Å². The molecule has 2 aromatic rings. The van der Waals surface area contributed by atoms with Crippen LogP contribution in [0.1, 0.15) is 17.0 Å². The number of benzene rings is 2. The molecule has 3 heterocycles. The fourth-order valence-electron chi connectivity index (χ4n) is 4.24. The topological polar surface area (TPSA) is 72.9 Å². The van der Waals surface area contributed by atoms with Gasteiger partial charge in [0, 0.05) is 18.2 Å². The van der Waals surface area contributed by atoms with Crippen molar-refractivity contribution in [2.75, 3.05) is 11.9 Å². The summed E-state index contributed by atoms with van der Waals surface area (Å²) in [5, 5.41) is 0. The SMILES string of the molecule is CN1C(=O)[C@@]2(OC(=O)[C@@H]3C(=O)Oc4ccccc4[C@@H]32)c2ccccc21. The smallest absolute Gasteiger partial charge is 0.326 e. The Morgan fingerprint density at radius 2 is 1.68 bits per heavy atom. The summed E-state index contributed by atoms with van der Waals surface area (Å²) < 4.78 is 11.0. The molecular formula is C19H13NO5. The van der Waals surface area contributed by atoms with Gasteiger partial charge in [0.2, 0.25) is 5.60 Å². The summed E-state index contributed by atoms with van der Waals surface area (Å²) in [4.78, 5) is 39.7. The predicted molar refractivity (Wildman–Crippen MR) is 85.9 cm³/mol. The molecule has 1 saturated heterocycles. The summed E-state index contributed by atoms with van der Waals surface area (Å²) in [5.74, 6) is -3.26. The number of esters is 2. The molecule has 0 aliphatic carbocycles. The van der Waals surface area contributed by atoms with Gasteiger partial charge in [0.25, 0.3) is 5.91 Å². The van der Waals surface area contributed by atoms with E-state index in [4.69, 9.17) is 9.47 Å². The van der Waals surface area contributed by atoms with Crippen molar-refractivity contribution in [1.29, 1.82) is 0 Å². The number of rotatable bonds is 0. The molecule has 3 aliphatic rings. The number of amides is 1. The molecule has 0 saturated carbocycles. The summed E-state index contributed by atoms with van der Waals surface area (Å²) in [7, 11) is 1.64. The van der Waals surface area contributed by atoms with Gasteiger partial charge >= 0.3 is 11.9 Å². The number of para-hydroxylation sites is 2. The average molecular weight is 335 g/mol. The lowest BCUT2D eigenvalue weighted by Crippen LogP contribution is -2.45. The van der Waals surface area contributed by atoms with Gasteiger partial charge in [-0.3, -0.25) is 14.4 Å². The van der Waals surface area contributed by atoms with E-state index in [1.54, 1.807) is 49.5 Å². The molecule has 0 unspecified atom stereocenters. The van der Waals surface area contributed by atoms with E-state index in [9.17, 15) is 14.4 Å². The molecule has 1 fully saturated rings. The van der Waals surface area contributed by atoms with Crippen molar-refractivity contribution in [3.05, 3.63) is 59.7 Å². The summed E-state index contributed by atoms with van der Waals surface area (Å²) in [6.45, 7) is 0. The predicted octanol–water partition coefficient (Wildman–Crippen LogP) is 1.73. The second-order valence-electron chi connectivity index (χ2n) is 6.45. The second kappa shape index (κ2) is 4.47. The van der Waals surface area contributed by atoms with Gasteiger partial charge in [-0.1, -0.05) is 36.4 Å². The quantitative estimate of drug-likeness (QED) is 0.416. The van der Waals surface area contributed by atoms with Gasteiger partial charge in [0.05, 0.1) is 11.6 Å². The minimum absolute atomic E-state index is 0.348. The first-order valence-corrected chi connectivity index (χ1v) is 7.97. The van der Waals surface area contributed by atoms with Crippen LogP contribution in [0, 0.1) is 5.92 Å². The van der Waals surface area contributed by atoms with Crippen LogP contribution < -0.4 is 9.64 Å². The molecule has 124 valence electrons. The van der Waals surface area contributed by atoms with Crippen LogP contribution in [-0.2, 0) is 24.7 Å². The van der Waals surface area contributed by atoms with E-state index >= 15 is 0 Å². The van der Waals surface area contributed by atoms with Gasteiger partial charge < -0.3 is 14.4 Å². The molecule has 6 heteroatoms. The maximum absolute atomic E-state index is 13.2. The zero-order valence-electron chi connectivity index (χ0n) is 13.3. The molecule has 0 bridgehead atoms. The standard InChI is InChI=1S/C19H13NO5/c1-20-12-8-4-3-7-11(12)19(18(20)23)15-10-6-2-5-9-13(10)24-16(21)14(15)17(22)25-19/h2-9,14-15H,1H3/t14-,15-,19+/m0/s1. The normalized spacial score (nSPS) is 29.2. The number of fused-ring (bicyclic) bond motifs is 6. The Morgan fingerprint density at radius 3 is 2.52 bits per heavy atom. The zero-order chi connectivity index (χ0) is 17.3. The second-order valence-corrected chi connectivity index (χ2v) is 6.45. The van der Waals surface area contributed by atoms with Crippen molar-refractivity contribution in [2.24, 2.45) is 5.92 Å². The zero-order valence-corrected chi connectivity index (χ0v) is 13.3. The van der Waals surface area contributed by atoms with Crippen molar-refractivity contribution in [1.82, 2.24) is 0 Å². The van der Waals surface area contributed by atoms with E-state index in [1.165, 1.54) is 4.90 Å². The molecule has 2 aromatic carbocycles. The number of ether oxygens (including phenoxy) is 2. The van der Waals surface area contributed by atoms with Crippen LogP contribution in [0.15, 0.2) is 48.5 Å². The lowest BCUT2D eigenvalue weighted by atomic mass is 9.72. The highest BCUT2D eigenvalue weighted by atomic mass is 16.6. The molecule has 0 aromatic heterocycles. The van der Waals surface area contributed by atoms with Crippen LogP contribution in [0.3, 0.4) is 0 Å². The van der Waals surface area contributed by atoms with Crippen LogP contribution in [0.25, 0.3) is 0 Å². The number of carbonyl (C=O) groups excluding carboxylic acids is 3. The van der Waals surface area contributed by atoms with E-state index < -0.39 is 29.4 Å². The Bertz CT molecular complexity index is 968. The Kier molecular flexibility index (Phi) is 2.54. The summed E-state index contributed by atoms with van der Waals surface area (Å²) in [6, 6.07) is 14.2. The third-order valence-corrected chi connectivity index (χ3v) is 5.29. The van der Waals surface area contributed by atoms with Gasteiger partial charge in [-0.25, -0.2) is 0 Å². The molecule has 5 rings (SSSR count). The molecule has 3 atom stereocenters. The van der Waals surface area contributed by atoms with Crippen molar-refractivity contribution < 1.29 is 23.9 Å². The summed E-state index contributed by atoms with van der Waals surface area (Å²) in [6.07, 6.45) is 0. The van der Waals surface area contributed by atoms with Crippen molar-refractivity contribution in [2.45, 2.75) is 11.5 Å². The van der Waals surface area contributed by atoms with E-state index in [0.29, 0.717) is 22.6 Å². The lowest BCUT2D eigenvalue weighted by molar-refractivity contribution is -0.160. The third-order valence-electron chi connectivity index (χ3n) is 5.29. The van der Waals surface area contributed by atoms with E-state index in [2.05, 4.69) is 0 Å². The molecule has 0 radical (unpaired) electrons. The maximum Gasteiger partial charge on any atom is 0.326 e. The molecule has 1 amide bonds. The molecular weight excluding hydrogens is 322 g/mol.